The van der Waals surface area contributed by atoms with Crippen LogP contribution in [0.15, 0.2) is 47.1 Å². The molecule has 3 rings (SSSR count). The maximum atomic E-state index is 12.1. The van der Waals surface area contributed by atoms with E-state index in [9.17, 15) is 4.79 Å². The Morgan fingerprint density at radius 2 is 2.00 bits per heavy atom. The van der Waals surface area contributed by atoms with Gasteiger partial charge in [-0.3, -0.25) is 4.79 Å². The Kier molecular flexibility index (Phi) is 4.16. The summed E-state index contributed by atoms with van der Waals surface area (Å²) < 4.78 is 6.96. The highest BCUT2D eigenvalue weighted by molar-refractivity contribution is 5.91. The predicted octanol–water partition coefficient (Wildman–Crippen LogP) is 2.62. The Labute approximate surface area is 139 Å². The number of benzene rings is 1. The molecule has 0 aliphatic rings. The topological polar surface area (TPSA) is 85.8 Å². The Balaban J connectivity index is 1.63. The number of hydrogen-bond acceptors (Lipinski definition) is 5. The van der Waals surface area contributed by atoms with Crippen LogP contribution in [0, 0.1) is 0 Å². The van der Waals surface area contributed by atoms with Gasteiger partial charge in [0.25, 0.3) is 5.91 Å². The van der Waals surface area contributed by atoms with Gasteiger partial charge in [0.05, 0.1) is 18.3 Å². The van der Waals surface area contributed by atoms with Gasteiger partial charge in [-0.05, 0) is 20.8 Å². The summed E-state index contributed by atoms with van der Waals surface area (Å²) in [4.78, 5) is 12.1. The first-order valence-electron chi connectivity index (χ1n) is 7.65. The molecule has 0 saturated carbocycles. The third kappa shape index (κ3) is 3.51. The molecule has 2 heterocycles. The Morgan fingerprint density at radius 3 is 2.67 bits per heavy atom. The second kappa shape index (κ2) is 6.27. The van der Waals surface area contributed by atoms with Gasteiger partial charge in [-0.2, -0.15) is 0 Å². The lowest BCUT2D eigenvalue weighted by Gasteiger charge is -2.17. The van der Waals surface area contributed by atoms with E-state index < -0.39 is 0 Å². The first-order valence-corrected chi connectivity index (χ1v) is 7.65. The fourth-order valence-corrected chi connectivity index (χ4v) is 2.09. The van der Waals surface area contributed by atoms with Crippen molar-refractivity contribution < 1.29 is 9.32 Å². The minimum absolute atomic E-state index is 0.220. The summed E-state index contributed by atoms with van der Waals surface area (Å²) in [6.45, 7) is 6.23. The molecule has 0 atom stereocenters. The summed E-state index contributed by atoms with van der Waals surface area (Å²) in [5, 5.41) is 14.6. The first kappa shape index (κ1) is 15.9. The molecule has 2 aromatic heterocycles. The maximum absolute atomic E-state index is 12.1. The number of rotatable bonds is 4. The number of nitrogens with zero attached hydrogens (tertiary/aromatic N) is 4. The van der Waals surface area contributed by atoms with Crippen molar-refractivity contribution in [1.82, 2.24) is 25.5 Å². The zero-order chi connectivity index (χ0) is 17.2. The summed E-state index contributed by atoms with van der Waals surface area (Å²) in [6.07, 6.45) is 1.63. The van der Waals surface area contributed by atoms with Crippen molar-refractivity contribution in [3.05, 3.63) is 54.0 Å². The van der Waals surface area contributed by atoms with E-state index in [4.69, 9.17) is 4.52 Å². The van der Waals surface area contributed by atoms with Gasteiger partial charge in [0.15, 0.2) is 11.5 Å². The molecule has 24 heavy (non-hydrogen) atoms. The highest BCUT2D eigenvalue weighted by Gasteiger charge is 2.18. The zero-order valence-electron chi connectivity index (χ0n) is 13.9. The molecule has 0 aliphatic carbocycles. The summed E-state index contributed by atoms with van der Waals surface area (Å²) in [7, 11) is 0. The second-order valence-electron chi connectivity index (χ2n) is 6.45. The molecular weight excluding hydrogens is 306 g/mol. The van der Waals surface area contributed by atoms with Crippen molar-refractivity contribution in [3.63, 3.8) is 0 Å². The van der Waals surface area contributed by atoms with Crippen molar-refractivity contribution in [2.75, 3.05) is 0 Å². The van der Waals surface area contributed by atoms with Crippen LogP contribution in [0.3, 0.4) is 0 Å². The molecule has 0 bridgehead atoms. The van der Waals surface area contributed by atoms with E-state index in [1.807, 2.05) is 57.2 Å². The van der Waals surface area contributed by atoms with Gasteiger partial charge < -0.3 is 9.84 Å². The molecule has 0 saturated heterocycles. The summed E-state index contributed by atoms with van der Waals surface area (Å²) in [6, 6.07) is 11.5. The Hall–Kier alpha value is -2.96. The van der Waals surface area contributed by atoms with Crippen LogP contribution >= 0.6 is 0 Å². The average molecular weight is 325 g/mol. The summed E-state index contributed by atoms with van der Waals surface area (Å²) in [5.41, 5.74) is 1.64. The van der Waals surface area contributed by atoms with Crippen molar-refractivity contribution >= 4 is 5.91 Å². The minimum Gasteiger partial charge on any atom is -0.356 e. The van der Waals surface area contributed by atoms with Crippen molar-refractivity contribution in [2.24, 2.45) is 0 Å². The normalized spacial score (nSPS) is 11.5. The molecule has 0 unspecified atom stereocenters. The molecule has 0 spiro atoms. The lowest BCUT2D eigenvalue weighted by molar-refractivity contribution is 0.0945. The van der Waals surface area contributed by atoms with Crippen LogP contribution in [0.1, 0.15) is 37.0 Å². The molecular formula is C17H19N5O2. The van der Waals surface area contributed by atoms with Gasteiger partial charge in [0, 0.05) is 11.6 Å². The van der Waals surface area contributed by atoms with Gasteiger partial charge in [-0.1, -0.05) is 40.7 Å². The van der Waals surface area contributed by atoms with Crippen LogP contribution in [0.25, 0.3) is 11.3 Å². The first-order chi connectivity index (χ1) is 11.4. The van der Waals surface area contributed by atoms with E-state index in [1.54, 1.807) is 10.9 Å². The number of aromatic nitrogens is 4. The molecule has 124 valence electrons. The fraction of sp³-hybridized carbons (Fsp3) is 0.294. The quantitative estimate of drug-likeness (QED) is 0.797. The third-order valence-electron chi connectivity index (χ3n) is 3.46. The Morgan fingerprint density at radius 1 is 1.25 bits per heavy atom. The van der Waals surface area contributed by atoms with E-state index in [1.165, 1.54) is 0 Å². The third-order valence-corrected chi connectivity index (χ3v) is 3.46. The SMILES string of the molecule is CC(C)(C)n1cc(C(=O)NCc2cc(-c3ccccc3)on2)nn1. The average Bonchev–Trinajstić information content (AvgIpc) is 3.22. The summed E-state index contributed by atoms with van der Waals surface area (Å²) >= 11 is 0. The molecule has 1 amide bonds. The molecule has 1 N–H and O–H groups in total. The van der Waals surface area contributed by atoms with Crippen LogP contribution in [0.2, 0.25) is 0 Å². The van der Waals surface area contributed by atoms with Crippen molar-refractivity contribution in [3.8, 4) is 11.3 Å². The van der Waals surface area contributed by atoms with Gasteiger partial charge in [0.2, 0.25) is 0 Å². The number of carbonyl (C=O) groups excluding carboxylic acids is 1. The van der Waals surface area contributed by atoms with Crippen LogP contribution in [-0.2, 0) is 12.1 Å². The molecule has 0 aliphatic heterocycles. The zero-order valence-corrected chi connectivity index (χ0v) is 13.9. The highest BCUT2D eigenvalue weighted by Crippen LogP contribution is 2.19. The predicted molar refractivity (Wildman–Crippen MR) is 88.1 cm³/mol. The standard InChI is InChI=1S/C17H19N5O2/c1-17(2,3)22-11-14(19-21-22)16(23)18-10-13-9-15(24-20-13)12-7-5-4-6-8-12/h4-9,11H,10H2,1-3H3,(H,18,23). The Bertz CT molecular complexity index is 830. The smallest absolute Gasteiger partial charge is 0.273 e. The van der Waals surface area contributed by atoms with Gasteiger partial charge in [-0.15, -0.1) is 5.10 Å². The number of hydrogen-bond donors (Lipinski definition) is 1. The van der Waals surface area contributed by atoms with Gasteiger partial charge in [-0.25, -0.2) is 4.68 Å². The summed E-state index contributed by atoms with van der Waals surface area (Å²) in [5.74, 6) is 0.369. The molecule has 1 aromatic carbocycles. The van der Waals surface area contributed by atoms with Gasteiger partial charge >= 0.3 is 0 Å². The number of nitrogens with one attached hydrogen (secondary N) is 1. The van der Waals surface area contributed by atoms with E-state index in [2.05, 4.69) is 20.8 Å². The van der Waals surface area contributed by atoms with Crippen LogP contribution in [0.4, 0.5) is 0 Å². The van der Waals surface area contributed by atoms with Crippen LogP contribution in [-0.4, -0.2) is 26.1 Å². The minimum atomic E-state index is -0.297. The second-order valence-corrected chi connectivity index (χ2v) is 6.45. The highest BCUT2D eigenvalue weighted by atomic mass is 16.5. The monoisotopic (exact) mass is 325 g/mol. The van der Waals surface area contributed by atoms with Crippen LogP contribution < -0.4 is 5.32 Å². The van der Waals surface area contributed by atoms with Gasteiger partial charge in [0.1, 0.15) is 5.69 Å². The van der Waals surface area contributed by atoms with Crippen molar-refractivity contribution in [2.45, 2.75) is 32.9 Å². The molecule has 0 fully saturated rings. The van der Waals surface area contributed by atoms with E-state index >= 15 is 0 Å². The van der Waals surface area contributed by atoms with Crippen molar-refractivity contribution in [1.29, 1.82) is 0 Å². The molecule has 3 aromatic rings. The lowest BCUT2D eigenvalue weighted by atomic mass is 10.1. The van der Waals surface area contributed by atoms with E-state index in [-0.39, 0.29) is 23.7 Å². The van der Waals surface area contributed by atoms with E-state index in [0.717, 1.165) is 5.56 Å². The maximum Gasteiger partial charge on any atom is 0.273 e. The fourth-order valence-electron chi connectivity index (χ4n) is 2.09. The van der Waals surface area contributed by atoms with Crippen LogP contribution in [0.5, 0.6) is 0 Å². The molecule has 0 radical (unpaired) electrons. The molecule has 7 nitrogen and oxygen atoms in total. The van der Waals surface area contributed by atoms with E-state index in [0.29, 0.717) is 11.5 Å². The number of amides is 1. The number of carbonyl (C=O) groups is 1. The molecule has 7 heteroatoms. The lowest BCUT2D eigenvalue weighted by Crippen LogP contribution is -2.24. The largest absolute Gasteiger partial charge is 0.356 e.